The van der Waals surface area contributed by atoms with Crippen LogP contribution in [0.2, 0.25) is 0 Å². The van der Waals surface area contributed by atoms with E-state index in [1.54, 1.807) is 16.7 Å². The lowest BCUT2D eigenvalue weighted by atomic mass is 9.33. The summed E-state index contributed by atoms with van der Waals surface area (Å²) in [4.78, 5) is 14.7. The summed E-state index contributed by atoms with van der Waals surface area (Å²) >= 11 is 0. The van der Waals surface area contributed by atoms with Gasteiger partial charge in [0.05, 0.1) is 33.7 Å². The number of hydrogen-bond donors (Lipinski definition) is 0. The molecule has 0 spiro atoms. The molecule has 462 valence electrons. The third kappa shape index (κ3) is 10.1. The second kappa shape index (κ2) is 23.7. The maximum atomic E-state index is 16.6. The Hall–Kier alpha value is -12.6. The largest absolute Gasteiger partial charge is 0.419 e. The number of anilines is 6. The fourth-order valence-corrected chi connectivity index (χ4v) is 14.9. The van der Waals surface area contributed by atoms with Gasteiger partial charge in [0.15, 0.2) is 5.82 Å². The SMILES string of the molecule is FC(F)(F)c1c(-c2nc(-c3ccccc3)cc(-c3ccccc3)n2)cccc1-n1c2ccccc2c2cc(-c3cc4c5c(c3)N(c3ccc(-c6ccccc6)cc3)c3ccc(-c6ccccc6)cc3B5c3cc(-c5ccccc5)ccc3N4c3ccc(-c4ccccc4)cc3)ccc21. The van der Waals surface area contributed by atoms with Crippen LogP contribution in [0.4, 0.5) is 47.3 Å². The maximum Gasteiger partial charge on any atom is 0.419 e. The van der Waals surface area contributed by atoms with Gasteiger partial charge in [-0.2, -0.15) is 13.2 Å². The summed E-state index contributed by atoms with van der Waals surface area (Å²) in [6.45, 7) is -0.235. The molecule has 2 aromatic heterocycles. The van der Waals surface area contributed by atoms with Crippen molar-refractivity contribution in [1.29, 1.82) is 0 Å². The Kier molecular flexibility index (Phi) is 14.0. The number of fused-ring (bicyclic) bond motifs is 7. The average Bonchev–Trinajstić information content (AvgIpc) is 0.746. The van der Waals surface area contributed by atoms with E-state index < -0.39 is 11.7 Å². The summed E-state index contributed by atoms with van der Waals surface area (Å²) in [5.74, 6) is -0.0260. The zero-order valence-corrected chi connectivity index (χ0v) is 52.9. The first-order chi connectivity index (χ1) is 48.2. The van der Waals surface area contributed by atoms with Crippen LogP contribution in [0.1, 0.15) is 5.56 Å². The molecule has 0 atom stereocenters. The molecule has 18 rings (SSSR count). The molecule has 0 bridgehead atoms. The van der Waals surface area contributed by atoms with Crippen LogP contribution in [0.15, 0.2) is 346 Å². The quantitative estimate of drug-likeness (QED) is 0.121. The smallest absolute Gasteiger partial charge is 0.311 e. The molecule has 0 saturated carbocycles. The Balaban J connectivity index is 0.875. The van der Waals surface area contributed by atoms with Gasteiger partial charge in [0.1, 0.15) is 0 Å². The molecule has 2 aliphatic heterocycles. The lowest BCUT2D eigenvalue weighted by Crippen LogP contribution is -2.61. The number of alkyl halides is 3. The number of halogens is 3. The van der Waals surface area contributed by atoms with Gasteiger partial charge in [-0.05, 0) is 151 Å². The van der Waals surface area contributed by atoms with Crippen molar-refractivity contribution in [3.8, 4) is 95.2 Å². The van der Waals surface area contributed by atoms with Crippen LogP contribution in [-0.4, -0.2) is 21.2 Å². The van der Waals surface area contributed by atoms with Crippen LogP contribution in [-0.2, 0) is 6.18 Å². The van der Waals surface area contributed by atoms with Gasteiger partial charge in [-0.25, -0.2) is 9.97 Å². The Morgan fingerprint density at radius 2 is 0.663 bits per heavy atom. The monoisotopic (exact) mass is 1260 g/mol. The fourth-order valence-electron chi connectivity index (χ4n) is 14.9. The zero-order valence-electron chi connectivity index (χ0n) is 52.9. The maximum absolute atomic E-state index is 16.6. The lowest BCUT2D eigenvalue weighted by Gasteiger charge is -2.44. The summed E-state index contributed by atoms with van der Waals surface area (Å²) in [6.07, 6.45) is -4.84. The second-order valence-electron chi connectivity index (χ2n) is 25.1. The first-order valence-electron chi connectivity index (χ1n) is 33.0. The van der Waals surface area contributed by atoms with Crippen LogP contribution in [0, 0.1) is 0 Å². The van der Waals surface area contributed by atoms with Crippen molar-refractivity contribution in [2.45, 2.75) is 6.18 Å². The highest BCUT2D eigenvalue weighted by atomic mass is 19.4. The molecule has 0 saturated heterocycles. The molecule has 0 fully saturated rings. The summed E-state index contributed by atoms with van der Waals surface area (Å²) in [7, 11) is 0. The van der Waals surface area contributed by atoms with Crippen molar-refractivity contribution in [3.63, 3.8) is 0 Å². The predicted molar refractivity (Wildman–Crippen MR) is 399 cm³/mol. The molecule has 5 nitrogen and oxygen atoms in total. The summed E-state index contributed by atoms with van der Waals surface area (Å²) in [5, 5.41) is 1.61. The van der Waals surface area contributed by atoms with E-state index in [0.29, 0.717) is 22.4 Å². The van der Waals surface area contributed by atoms with Crippen molar-refractivity contribution in [3.05, 3.63) is 351 Å². The number of para-hydroxylation sites is 1. The molecule has 0 aliphatic carbocycles. The van der Waals surface area contributed by atoms with E-state index in [1.807, 2.05) is 109 Å². The van der Waals surface area contributed by atoms with Crippen LogP contribution in [0.5, 0.6) is 0 Å². The molecule has 2 aliphatic rings. The standard InChI is InChI=1S/C89H57BF3N5/c91-89(92,93)86-73(88-94-77(64-30-15-5-16-31-64)57-78(95-88)65-32-17-6-18-33-65)35-21-37-83(86)98-79-36-20-19-34-72(79)74-52-66(42-49-80(74)98)69-55-84-87-85(56-69)97(71-47-40-63(41-48-71)59-24-9-2-10-25-59)82-51-44-68(61-28-13-4-14-29-61)54-76(82)90(87)75-53-67(60-26-11-3-12-27-60)43-50-81(75)96(84)70-45-38-62(39-46-70)58-22-7-1-8-23-58/h1-57H. The van der Waals surface area contributed by atoms with E-state index >= 15 is 13.2 Å². The van der Waals surface area contributed by atoms with E-state index in [-0.39, 0.29) is 23.8 Å². The lowest BCUT2D eigenvalue weighted by molar-refractivity contribution is -0.137. The second-order valence-corrected chi connectivity index (χ2v) is 25.1. The molecule has 98 heavy (non-hydrogen) atoms. The first kappa shape index (κ1) is 58.0. The van der Waals surface area contributed by atoms with E-state index in [2.05, 4.69) is 228 Å². The fraction of sp³-hybridized carbons (Fsp3) is 0.0112. The van der Waals surface area contributed by atoms with Crippen LogP contribution < -0.4 is 26.2 Å². The van der Waals surface area contributed by atoms with Gasteiger partial charge < -0.3 is 14.4 Å². The molecule has 14 aromatic carbocycles. The minimum Gasteiger partial charge on any atom is -0.311 e. The highest BCUT2D eigenvalue weighted by Crippen LogP contribution is 2.50. The minimum absolute atomic E-state index is 0.0260. The van der Waals surface area contributed by atoms with E-state index in [9.17, 15) is 0 Å². The van der Waals surface area contributed by atoms with E-state index in [4.69, 9.17) is 9.97 Å². The van der Waals surface area contributed by atoms with Gasteiger partial charge in [0.25, 0.3) is 6.71 Å². The Labute approximate surface area is 566 Å². The van der Waals surface area contributed by atoms with E-state index in [1.165, 1.54) is 17.0 Å². The number of nitrogens with zero attached hydrogens (tertiary/aromatic N) is 5. The number of hydrogen-bond acceptors (Lipinski definition) is 4. The molecule has 0 unspecified atom stereocenters. The molecular formula is C89H57BF3N5. The summed E-state index contributed by atoms with van der Waals surface area (Å²) in [6, 6.07) is 118. The van der Waals surface area contributed by atoms with Crippen molar-refractivity contribution in [1.82, 2.24) is 14.5 Å². The van der Waals surface area contributed by atoms with Gasteiger partial charge in [-0.1, -0.05) is 267 Å². The normalized spacial score (nSPS) is 12.4. The Bertz CT molecular complexity index is 5460. The van der Waals surface area contributed by atoms with Crippen LogP contribution in [0.25, 0.3) is 117 Å². The Morgan fingerprint density at radius 3 is 1.13 bits per heavy atom. The molecule has 0 N–H and O–H groups in total. The number of rotatable bonds is 11. The number of aromatic nitrogens is 3. The Morgan fingerprint density at radius 1 is 0.276 bits per heavy atom. The van der Waals surface area contributed by atoms with Crippen molar-refractivity contribution in [2.75, 3.05) is 9.80 Å². The molecular weight excluding hydrogens is 1210 g/mol. The van der Waals surface area contributed by atoms with E-state index in [0.717, 1.165) is 117 Å². The summed E-state index contributed by atoms with van der Waals surface area (Å²) < 4.78 is 51.5. The average molecular weight is 1260 g/mol. The van der Waals surface area contributed by atoms with Crippen LogP contribution >= 0.6 is 0 Å². The molecule has 0 radical (unpaired) electrons. The first-order valence-corrected chi connectivity index (χ1v) is 33.0. The number of benzene rings is 14. The highest BCUT2D eigenvalue weighted by Gasteiger charge is 2.45. The molecule has 0 amide bonds. The van der Waals surface area contributed by atoms with Gasteiger partial charge in [0.2, 0.25) is 0 Å². The van der Waals surface area contributed by atoms with Gasteiger partial charge >= 0.3 is 6.18 Å². The molecule has 16 aromatic rings. The van der Waals surface area contributed by atoms with Crippen molar-refractivity contribution < 1.29 is 13.2 Å². The third-order valence-electron chi connectivity index (χ3n) is 19.4. The summed E-state index contributed by atoms with van der Waals surface area (Å²) in [5.41, 5.74) is 23.3. The van der Waals surface area contributed by atoms with Gasteiger partial charge in [0, 0.05) is 61.6 Å². The minimum atomic E-state index is -4.84. The molecule has 4 heterocycles. The van der Waals surface area contributed by atoms with Gasteiger partial charge in [-0.15, -0.1) is 0 Å². The van der Waals surface area contributed by atoms with Crippen molar-refractivity contribution in [2.24, 2.45) is 0 Å². The van der Waals surface area contributed by atoms with Crippen molar-refractivity contribution >= 4 is 79.0 Å². The van der Waals surface area contributed by atoms with Crippen LogP contribution in [0.3, 0.4) is 0 Å². The topological polar surface area (TPSA) is 37.2 Å². The predicted octanol–water partition coefficient (Wildman–Crippen LogP) is 22.0. The third-order valence-corrected chi connectivity index (χ3v) is 19.4. The zero-order chi connectivity index (χ0) is 65.4. The van der Waals surface area contributed by atoms with Gasteiger partial charge in [-0.3, -0.25) is 0 Å². The highest BCUT2D eigenvalue weighted by molar-refractivity contribution is 7.00. The molecule has 9 heteroatoms.